The number of hydrogen-bond donors (Lipinski definition) is 2. The van der Waals surface area contributed by atoms with E-state index in [2.05, 4.69) is 20.6 Å². The predicted octanol–water partition coefficient (Wildman–Crippen LogP) is 1.30. The summed E-state index contributed by atoms with van der Waals surface area (Å²) >= 11 is 0. The van der Waals surface area contributed by atoms with Crippen LogP contribution < -0.4 is 10.6 Å². The van der Waals surface area contributed by atoms with Gasteiger partial charge in [-0.1, -0.05) is 18.2 Å². The maximum Gasteiger partial charge on any atom is 0.313 e. The molecule has 3 aromatic rings. The van der Waals surface area contributed by atoms with Crippen molar-refractivity contribution >= 4 is 23.3 Å². The molecule has 1 aromatic carbocycles. The molecule has 27 heavy (non-hydrogen) atoms. The summed E-state index contributed by atoms with van der Waals surface area (Å²) in [5.41, 5.74) is 1.48. The van der Waals surface area contributed by atoms with Crippen molar-refractivity contribution in [3.8, 4) is 0 Å². The number of rotatable bonds is 5. The summed E-state index contributed by atoms with van der Waals surface area (Å²) in [7, 11) is 1.72. The first-order chi connectivity index (χ1) is 13.0. The zero-order valence-electron chi connectivity index (χ0n) is 14.5. The van der Waals surface area contributed by atoms with Gasteiger partial charge in [-0.15, -0.1) is 0 Å². The number of pyridine rings is 1. The number of ketones is 1. The van der Waals surface area contributed by atoms with Crippen molar-refractivity contribution in [2.75, 3.05) is 5.32 Å². The smallest absolute Gasteiger partial charge is 0.313 e. The van der Waals surface area contributed by atoms with Gasteiger partial charge in [-0.2, -0.15) is 0 Å². The van der Waals surface area contributed by atoms with Crippen LogP contribution in [0.15, 0.2) is 61.2 Å². The Morgan fingerprint density at radius 1 is 1.07 bits per heavy atom. The first-order valence-corrected chi connectivity index (χ1v) is 8.15. The summed E-state index contributed by atoms with van der Waals surface area (Å²) in [6.07, 6.45) is 6.43. The summed E-state index contributed by atoms with van der Waals surface area (Å²) in [5, 5.41) is 5.00. The van der Waals surface area contributed by atoms with Crippen LogP contribution in [0.5, 0.6) is 0 Å². The van der Waals surface area contributed by atoms with E-state index in [9.17, 15) is 14.4 Å². The molecule has 0 aliphatic carbocycles. The highest BCUT2D eigenvalue weighted by Gasteiger charge is 2.16. The molecule has 0 fully saturated rings. The monoisotopic (exact) mass is 363 g/mol. The highest BCUT2D eigenvalue weighted by atomic mass is 16.2. The lowest BCUT2D eigenvalue weighted by atomic mass is 10.1. The second kappa shape index (κ2) is 8.05. The average molecular weight is 363 g/mol. The van der Waals surface area contributed by atoms with Crippen LogP contribution in [-0.2, 0) is 23.2 Å². The molecule has 136 valence electrons. The molecular weight excluding hydrogens is 346 g/mol. The zero-order valence-corrected chi connectivity index (χ0v) is 14.5. The first kappa shape index (κ1) is 18.0. The van der Waals surface area contributed by atoms with Crippen molar-refractivity contribution in [3.63, 3.8) is 0 Å². The van der Waals surface area contributed by atoms with Crippen molar-refractivity contribution in [1.29, 1.82) is 0 Å². The summed E-state index contributed by atoms with van der Waals surface area (Å²) in [5.74, 6) is -1.59. The lowest BCUT2D eigenvalue weighted by molar-refractivity contribution is -0.136. The van der Waals surface area contributed by atoms with Crippen LogP contribution in [0, 0.1) is 0 Å². The molecule has 0 unspecified atom stereocenters. The number of carbonyl (C=O) groups excluding carboxylic acids is 3. The van der Waals surface area contributed by atoms with E-state index in [0.717, 1.165) is 5.56 Å². The van der Waals surface area contributed by atoms with Gasteiger partial charge in [-0.25, -0.2) is 4.98 Å². The number of hydrogen-bond acceptors (Lipinski definition) is 5. The number of imidazole rings is 1. The molecule has 3 rings (SSSR count). The molecule has 2 amide bonds. The fraction of sp³-hybridized carbons (Fsp3) is 0.105. The summed E-state index contributed by atoms with van der Waals surface area (Å²) in [6.45, 7) is 0.192. The standard InChI is InChI=1S/C19H17N5O3/c1-24-9-8-21-17(24)16(25)14-5-2-6-15(10-14)23-19(27)18(26)22-12-13-4-3-7-20-11-13/h2-11H,12H2,1H3,(H,22,26)(H,23,27). The lowest BCUT2D eigenvalue weighted by Gasteiger charge is -2.08. The summed E-state index contributed by atoms with van der Waals surface area (Å²) < 4.78 is 1.61. The number of aromatic nitrogens is 3. The lowest BCUT2D eigenvalue weighted by Crippen LogP contribution is -2.35. The molecule has 0 radical (unpaired) electrons. The number of amides is 2. The van der Waals surface area contributed by atoms with Gasteiger partial charge in [0.2, 0.25) is 5.78 Å². The number of carbonyl (C=O) groups is 3. The van der Waals surface area contributed by atoms with Crippen molar-refractivity contribution < 1.29 is 14.4 Å². The van der Waals surface area contributed by atoms with Gasteiger partial charge in [0.15, 0.2) is 5.82 Å². The molecule has 0 saturated carbocycles. The van der Waals surface area contributed by atoms with E-state index in [1.54, 1.807) is 60.5 Å². The fourth-order valence-corrected chi connectivity index (χ4v) is 2.40. The third kappa shape index (κ3) is 4.43. The molecule has 8 nitrogen and oxygen atoms in total. The fourth-order valence-electron chi connectivity index (χ4n) is 2.40. The van der Waals surface area contributed by atoms with Crippen molar-refractivity contribution in [3.05, 3.63) is 78.1 Å². The Labute approximate surface area is 155 Å². The van der Waals surface area contributed by atoms with E-state index in [0.29, 0.717) is 11.3 Å². The molecule has 0 saturated heterocycles. The van der Waals surface area contributed by atoms with E-state index in [1.807, 2.05) is 0 Å². The molecule has 2 N–H and O–H groups in total. The van der Waals surface area contributed by atoms with Gasteiger partial charge in [-0.3, -0.25) is 19.4 Å². The Kier molecular flexibility index (Phi) is 5.36. The van der Waals surface area contributed by atoms with Crippen molar-refractivity contribution in [2.24, 2.45) is 7.05 Å². The van der Waals surface area contributed by atoms with Gasteiger partial charge in [-0.05, 0) is 23.8 Å². The van der Waals surface area contributed by atoms with Crippen LogP contribution in [-0.4, -0.2) is 32.1 Å². The summed E-state index contributed by atoms with van der Waals surface area (Å²) in [6, 6.07) is 9.88. The van der Waals surface area contributed by atoms with Crippen molar-refractivity contribution in [2.45, 2.75) is 6.54 Å². The Morgan fingerprint density at radius 3 is 2.63 bits per heavy atom. The SMILES string of the molecule is Cn1ccnc1C(=O)c1cccc(NC(=O)C(=O)NCc2cccnc2)c1. The molecule has 0 spiro atoms. The van der Waals surface area contributed by atoms with Crippen LogP contribution in [0.4, 0.5) is 5.69 Å². The molecule has 0 aliphatic heterocycles. The van der Waals surface area contributed by atoms with Crippen LogP contribution in [0.25, 0.3) is 0 Å². The second-order valence-electron chi connectivity index (χ2n) is 5.77. The minimum absolute atomic E-state index is 0.192. The maximum atomic E-state index is 12.5. The predicted molar refractivity (Wildman–Crippen MR) is 97.8 cm³/mol. The van der Waals surface area contributed by atoms with Gasteiger partial charge in [0.1, 0.15) is 0 Å². The van der Waals surface area contributed by atoms with Crippen LogP contribution in [0.1, 0.15) is 21.7 Å². The van der Waals surface area contributed by atoms with E-state index in [1.165, 1.54) is 12.3 Å². The normalized spacial score (nSPS) is 10.3. The minimum Gasteiger partial charge on any atom is -0.344 e. The summed E-state index contributed by atoms with van der Waals surface area (Å²) in [4.78, 5) is 44.4. The first-order valence-electron chi connectivity index (χ1n) is 8.15. The van der Waals surface area contributed by atoms with E-state index >= 15 is 0 Å². The minimum atomic E-state index is -0.819. The van der Waals surface area contributed by atoms with Crippen molar-refractivity contribution in [1.82, 2.24) is 19.9 Å². The van der Waals surface area contributed by atoms with E-state index in [4.69, 9.17) is 0 Å². The molecule has 2 aromatic heterocycles. The average Bonchev–Trinajstić information content (AvgIpc) is 3.12. The van der Waals surface area contributed by atoms with Crippen LogP contribution >= 0.6 is 0 Å². The third-order valence-corrected chi connectivity index (χ3v) is 3.79. The Morgan fingerprint density at radius 2 is 1.93 bits per heavy atom. The van der Waals surface area contributed by atoms with Gasteiger partial charge in [0.25, 0.3) is 0 Å². The van der Waals surface area contributed by atoms with E-state index in [-0.39, 0.29) is 18.2 Å². The molecule has 8 heteroatoms. The molecule has 0 atom stereocenters. The van der Waals surface area contributed by atoms with Crippen LogP contribution in [0.3, 0.4) is 0 Å². The van der Waals surface area contributed by atoms with Gasteiger partial charge >= 0.3 is 11.8 Å². The quantitative estimate of drug-likeness (QED) is 0.525. The van der Waals surface area contributed by atoms with Gasteiger partial charge in [0, 0.05) is 49.6 Å². The van der Waals surface area contributed by atoms with E-state index < -0.39 is 11.8 Å². The number of anilines is 1. The molecule has 2 heterocycles. The highest BCUT2D eigenvalue weighted by molar-refractivity contribution is 6.39. The maximum absolute atomic E-state index is 12.5. The molecule has 0 aliphatic rings. The Bertz CT molecular complexity index is 982. The largest absolute Gasteiger partial charge is 0.344 e. The Balaban J connectivity index is 1.63. The second-order valence-corrected chi connectivity index (χ2v) is 5.77. The number of nitrogens with zero attached hydrogens (tertiary/aromatic N) is 3. The van der Waals surface area contributed by atoms with Crippen LogP contribution in [0.2, 0.25) is 0 Å². The number of nitrogens with one attached hydrogen (secondary N) is 2. The van der Waals surface area contributed by atoms with Gasteiger partial charge in [0.05, 0.1) is 0 Å². The zero-order chi connectivity index (χ0) is 19.2. The topological polar surface area (TPSA) is 106 Å². The molecular formula is C19H17N5O3. The number of benzene rings is 1. The third-order valence-electron chi connectivity index (χ3n) is 3.79. The number of aryl methyl sites for hydroxylation is 1. The molecule has 0 bridgehead atoms. The van der Waals surface area contributed by atoms with Gasteiger partial charge < -0.3 is 15.2 Å². The highest BCUT2D eigenvalue weighted by Crippen LogP contribution is 2.14. The Hall–Kier alpha value is -3.81.